The van der Waals surface area contributed by atoms with Crippen LogP contribution in [0.25, 0.3) is 10.2 Å². The van der Waals surface area contributed by atoms with E-state index in [1.807, 2.05) is 23.1 Å². The normalized spacial score (nSPS) is 10.8. The van der Waals surface area contributed by atoms with Crippen LogP contribution < -0.4 is 5.73 Å². The second-order valence-electron chi connectivity index (χ2n) is 2.66. The summed E-state index contributed by atoms with van der Waals surface area (Å²) in [6.07, 6.45) is 1.77. The van der Waals surface area contributed by atoms with Gasteiger partial charge in [0.2, 0.25) is 0 Å². The number of fused-ring (bicyclic) bond motifs is 1. The number of nitrogens with zero attached hydrogens (tertiary/aromatic N) is 1. The van der Waals surface area contributed by atoms with Crippen LogP contribution in [0, 0.1) is 0 Å². The van der Waals surface area contributed by atoms with Crippen LogP contribution in [0.3, 0.4) is 0 Å². The molecule has 2 heterocycles. The molecule has 62 valence electrons. The second kappa shape index (κ2) is 2.35. The summed E-state index contributed by atoms with van der Waals surface area (Å²) >= 11 is 1.61. The first kappa shape index (κ1) is 7.36. The van der Waals surface area contributed by atoms with Crippen molar-refractivity contribution >= 4 is 27.5 Å². The summed E-state index contributed by atoms with van der Waals surface area (Å²) in [4.78, 5) is 12.0. The summed E-state index contributed by atoms with van der Waals surface area (Å²) in [6, 6.07) is 1.92. The van der Waals surface area contributed by atoms with E-state index in [0.717, 1.165) is 10.2 Å². The fourth-order valence-electron chi connectivity index (χ4n) is 1.30. The monoisotopic (exact) mass is 180 g/mol. The van der Waals surface area contributed by atoms with Gasteiger partial charge in [0.25, 0.3) is 5.91 Å². The minimum absolute atomic E-state index is 0.362. The third-order valence-electron chi connectivity index (χ3n) is 1.84. The molecule has 0 aliphatic rings. The lowest BCUT2D eigenvalue weighted by atomic mass is 10.2. The lowest BCUT2D eigenvalue weighted by molar-refractivity contribution is 0.100. The fourth-order valence-corrected chi connectivity index (χ4v) is 2.15. The highest BCUT2D eigenvalue weighted by molar-refractivity contribution is 7.16. The first-order valence-corrected chi connectivity index (χ1v) is 4.40. The molecular weight excluding hydrogens is 172 g/mol. The van der Waals surface area contributed by atoms with Crippen molar-refractivity contribution in [3.63, 3.8) is 0 Å². The van der Waals surface area contributed by atoms with Crippen LogP contribution in [0.15, 0.2) is 17.6 Å². The number of amides is 1. The van der Waals surface area contributed by atoms with Crippen LogP contribution in [-0.4, -0.2) is 10.5 Å². The number of hydrogen-bond donors (Lipinski definition) is 1. The van der Waals surface area contributed by atoms with Crippen molar-refractivity contribution in [1.82, 2.24) is 4.57 Å². The lowest BCUT2D eigenvalue weighted by Crippen LogP contribution is -2.09. The molecule has 0 spiro atoms. The van der Waals surface area contributed by atoms with Gasteiger partial charge in [0.1, 0.15) is 4.83 Å². The minimum atomic E-state index is -0.362. The van der Waals surface area contributed by atoms with Gasteiger partial charge in [-0.3, -0.25) is 4.79 Å². The molecule has 2 aromatic rings. The van der Waals surface area contributed by atoms with Gasteiger partial charge in [-0.05, 0) is 11.4 Å². The standard InChI is InChI=1S/C8H8N2OS/c1-10-4-6(7(9)11)5-2-3-12-8(5)10/h2-4H,1H3,(H2,9,11). The maximum Gasteiger partial charge on any atom is 0.250 e. The van der Waals surface area contributed by atoms with E-state index in [2.05, 4.69) is 0 Å². The minimum Gasteiger partial charge on any atom is -0.366 e. The van der Waals surface area contributed by atoms with Crippen molar-refractivity contribution < 1.29 is 4.79 Å². The topological polar surface area (TPSA) is 48.0 Å². The number of aromatic nitrogens is 1. The molecule has 0 saturated carbocycles. The van der Waals surface area contributed by atoms with E-state index in [0.29, 0.717) is 5.56 Å². The summed E-state index contributed by atoms with van der Waals surface area (Å²) in [5, 5.41) is 2.91. The first-order valence-electron chi connectivity index (χ1n) is 3.52. The molecule has 4 heteroatoms. The highest BCUT2D eigenvalue weighted by Gasteiger charge is 2.10. The Hall–Kier alpha value is -1.29. The number of carbonyl (C=O) groups is 1. The molecule has 0 bridgehead atoms. The predicted octanol–water partition coefficient (Wildman–Crippen LogP) is 1.34. The first-order chi connectivity index (χ1) is 5.70. The Bertz CT molecular complexity index is 441. The Balaban J connectivity index is 2.83. The van der Waals surface area contributed by atoms with Crippen molar-refractivity contribution in [3.8, 4) is 0 Å². The molecule has 0 fully saturated rings. The highest BCUT2D eigenvalue weighted by Crippen LogP contribution is 2.24. The molecule has 0 saturated heterocycles. The van der Waals surface area contributed by atoms with Gasteiger partial charge in [-0.2, -0.15) is 0 Å². The smallest absolute Gasteiger partial charge is 0.250 e. The zero-order valence-corrected chi connectivity index (χ0v) is 7.39. The van der Waals surface area contributed by atoms with Crippen LogP contribution in [0.5, 0.6) is 0 Å². The van der Waals surface area contributed by atoms with Gasteiger partial charge < -0.3 is 10.3 Å². The van der Waals surface area contributed by atoms with Crippen molar-refractivity contribution in [2.75, 3.05) is 0 Å². The molecule has 2 aromatic heterocycles. The van der Waals surface area contributed by atoms with E-state index in [1.54, 1.807) is 17.5 Å². The number of aryl methyl sites for hydroxylation is 1. The summed E-state index contributed by atoms with van der Waals surface area (Å²) in [5.74, 6) is -0.362. The van der Waals surface area contributed by atoms with Gasteiger partial charge in [0, 0.05) is 18.6 Å². The molecular formula is C8H8N2OS. The van der Waals surface area contributed by atoms with E-state index in [9.17, 15) is 4.79 Å². The molecule has 0 aromatic carbocycles. The molecule has 12 heavy (non-hydrogen) atoms. The molecule has 2 N–H and O–H groups in total. The molecule has 3 nitrogen and oxygen atoms in total. The molecule has 0 aliphatic heterocycles. The predicted molar refractivity (Wildman–Crippen MR) is 49.3 cm³/mol. The Labute approximate surface area is 73.4 Å². The number of carbonyl (C=O) groups excluding carboxylic acids is 1. The van der Waals surface area contributed by atoms with Crippen molar-refractivity contribution in [1.29, 1.82) is 0 Å². The fraction of sp³-hybridized carbons (Fsp3) is 0.125. The molecule has 0 radical (unpaired) electrons. The third-order valence-corrected chi connectivity index (χ3v) is 2.85. The Morgan fingerprint density at radius 2 is 2.42 bits per heavy atom. The summed E-state index contributed by atoms with van der Waals surface area (Å²) in [5.41, 5.74) is 5.81. The number of rotatable bonds is 1. The summed E-state index contributed by atoms with van der Waals surface area (Å²) in [6.45, 7) is 0. The molecule has 1 amide bonds. The summed E-state index contributed by atoms with van der Waals surface area (Å²) < 4.78 is 1.92. The van der Waals surface area contributed by atoms with E-state index in [1.165, 1.54) is 0 Å². The van der Waals surface area contributed by atoms with Crippen LogP contribution in [0.4, 0.5) is 0 Å². The SMILES string of the molecule is Cn1cc(C(N)=O)c2ccsc21. The maximum absolute atomic E-state index is 10.9. The number of primary amides is 1. The van der Waals surface area contributed by atoms with E-state index < -0.39 is 0 Å². The van der Waals surface area contributed by atoms with Crippen molar-refractivity contribution in [2.24, 2.45) is 12.8 Å². The van der Waals surface area contributed by atoms with Gasteiger partial charge in [-0.15, -0.1) is 11.3 Å². The zero-order chi connectivity index (χ0) is 8.72. The molecule has 0 atom stereocenters. The molecule has 0 unspecified atom stereocenters. The van der Waals surface area contributed by atoms with Gasteiger partial charge in [-0.25, -0.2) is 0 Å². The molecule has 2 rings (SSSR count). The highest BCUT2D eigenvalue weighted by atomic mass is 32.1. The Morgan fingerprint density at radius 1 is 1.67 bits per heavy atom. The summed E-state index contributed by atoms with van der Waals surface area (Å²) in [7, 11) is 1.91. The molecule has 0 aliphatic carbocycles. The van der Waals surface area contributed by atoms with Crippen LogP contribution in [0.1, 0.15) is 10.4 Å². The lowest BCUT2D eigenvalue weighted by Gasteiger charge is -1.87. The van der Waals surface area contributed by atoms with E-state index >= 15 is 0 Å². The zero-order valence-electron chi connectivity index (χ0n) is 6.57. The number of hydrogen-bond acceptors (Lipinski definition) is 2. The number of nitrogens with two attached hydrogens (primary N) is 1. The Morgan fingerprint density at radius 3 is 3.08 bits per heavy atom. The third kappa shape index (κ3) is 0.848. The Kier molecular flexibility index (Phi) is 1.44. The van der Waals surface area contributed by atoms with Gasteiger partial charge in [0.05, 0.1) is 5.56 Å². The van der Waals surface area contributed by atoms with Crippen LogP contribution in [0.2, 0.25) is 0 Å². The van der Waals surface area contributed by atoms with E-state index in [4.69, 9.17) is 5.73 Å². The van der Waals surface area contributed by atoms with E-state index in [-0.39, 0.29) is 5.91 Å². The van der Waals surface area contributed by atoms with Crippen molar-refractivity contribution in [2.45, 2.75) is 0 Å². The van der Waals surface area contributed by atoms with Gasteiger partial charge in [0.15, 0.2) is 0 Å². The average molecular weight is 180 g/mol. The van der Waals surface area contributed by atoms with Gasteiger partial charge in [-0.1, -0.05) is 0 Å². The van der Waals surface area contributed by atoms with Crippen LogP contribution >= 0.6 is 11.3 Å². The van der Waals surface area contributed by atoms with Gasteiger partial charge >= 0.3 is 0 Å². The van der Waals surface area contributed by atoms with Crippen LogP contribution in [-0.2, 0) is 7.05 Å². The number of thiophene rings is 1. The maximum atomic E-state index is 10.9. The largest absolute Gasteiger partial charge is 0.366 e. The average Bonchev–Trinajstić information content (AvgIpc) is 2.53. The van der Waals surface area contributed by atoms with Crippen molar-refractivity contribution in [3.05, 3.63) is 23.2 Å². The quantitative estimate of drug-likeness (QED) is 0.707. The second-order valence-corrected chi connectivity index (χ2v) is 3.55.